The second-order valence-corrected chi connectivity index (χ2v) is 10.5. The van der Waals surface area contributed by atoms with Crippen LogP contribution in [0.25, 0.3) is 5.76 Å². The molecule has 0 unspecified atom stereocenters. The Kier molecular flexibility index (Phi) is 6.63. The first-order chi connectivity index (χ1) is 17.7. The molecule has 0 aromatic heterocycles. The van der Waals surface area contributed by atoms with E-state index in [4.69, 9.17) is 10.5 Å². The van der Waals surface area contributed by atoms with Crippen LogP contribution >= 0.6 is 0 Å². The predicted molar refractivity (Wildman–Crippen MR) is 133 cm³/mol. The molecule has 6 N–H and O–H groups in total. The summed E-state index contributed by atoms with van der Waals surface area (Å²) in [7, 11) is 6.19. The number of Topliss-reactive ketones (excluding diaryl/α,β-unsaturated/α-hetero) is 2. The Hall–Kier alpha value is -3.74. The molecule has 0 bridgehead atoms. The third-order valence-corrected chi connectivity index (χ3v) is 7.68. The SMILES string of the molecule is C[C@@H]1c2cccc(O)c2C(O)=C2C(=O)[C@]3(O)C(O)=C(C(N)=O)C(=O)[C@H](N(C)C)[C@H]3[C@H](OC(=O)CN(C)C)[C@H]21. The van der Waals surface area contributed by atoms with Gasteiger partial charge in [0.2, 0.25) is 5.78 Å². The highest BCUT2D eigenvalue weighted by atomic mass is 16.5. The summed E-state index contributed by atoms with van der Waals surface area (Å²) in [5.74, 6) is -9.83. The molecule has 0 aliphatic heterocycles. The Morgan fingerprint density at radius 3 is 2.29 bits per heavy atom. The van der Waals surface area contributed by atoms with Gasteiger partial charge in [0.1, 0.15) is 28.9 Å². The summed E-state index contributed by atoms with van der Waals surface area (Å²) in [6.07, 6.45) is -1.43. The molecule has 1 aromatic rings. The van der Waals surface area contributed by atoms with Crippen LogP contribution in [0.4, 0.5) is 0 Å². The van der Waals surface area contributed by atoms with E-state index in [2.05, 4.69) is 0 Å². The number of likely N-dealkylation sites (N-methyl/N-ethyl adjacent to an activating group) is 2. The molecule has 204 valence electrons. The van der Waals surface area contributed by atoms with E-state index in [9.17, 15) is 39.6 Å². The summed E-state index contributed by atoms with van der Waals surface area (Å²) in [5.41, 5.74) is 1.44. The van der Waals surface area contributed by atoms with Gasteiger partial charge in [-0.25, -0.2) is 0 Å². The van der Waals surface area contributed by atoms with Crippen molar-refractivity contribution in [3.8, 4) is 5.75 Å². The van der Waals surface area contributed by atoms with Gasteiger partial charge >= 0.3 is 5.97 Å². The number of nitrogens with zero attached hydrogens (tertiary/aromatic N) is 2. The van der Waals surface area contributed by atoms with Gasteiger partial charge in [-0.15, -0.1) is 0 Å². The average Bonchev–Trinajstić information content (AvgIpc) is 2.80. The molecule has 1 amide bonds. The monoisotopic (exact) mass is 529 g/mol. The highest BCUT2D eigenvalue weighted by Gasteiger charge is 2.69. The molecule has 0 radical (unpaired) electrons. The molecule has 0 saturated heterocycles. The van der Waals surface area contributed by atoms with Crippen LogP contribution in [0.1, 0.15) is 24.0 Å². The number of hydrogen-bond acceptors (Lipinski definition) is 11. The number of esters is 1. The number of primary amides is 1. The van der Waals surface area contributed by atoms with Crippen molar-refractivity contribution in [2.45, 2.75) is 30.6 Å². The molecule has 3 aliphatic carbocycles. The van der Waals surface area contributed by atoms with Crippen molar-refractivity contribution in [3.05, 3.63) is 46.2 Å². The number of aliphatic hydroxyl groups is 3. The number of nitrogens with two attached hydrogens (primary N) is 1. The third kappa shape index (κ3) is 3.70. The van der Waals surface area contributed by atoms with E-state index in [1.165, 1.54) is 30.0 Å². The topological polar surface area (TPSA) is 191 Å². The number of amides is 1. The highest BCUT2D eigenvalue weighted by molar-refractivity contribution is 6.24. The van der Waals surface area contributed by atoms with Crippen molar-refractivity contribution in [1.82, 2.24) is 9.80 Å². The van der Waals surface area contributed by atoms with Gasteiger partial charge in [0.15, 0.2) is 11.4 Å². The van der Waals surface area contributed by atoms with Crippen molar-refractivity contribution >= 4 is 29.2 Å². The molecule has 6 atom stereocenters. The van der Waals surface area contributed by atoms with E-state index in [0.717, 1.165) is 0 Å². The quantitative estimate of drug-likeness (QED) is 0.246. The second kappa shape index (κ2) is 9.22. The number of ether oxygens (including phenoxy) is 1. The van der Waals surface area contributed by atoms with Crippen LogP contribution in [-0.4, -0.2) is 106 Å². The summed E-state index contributed by atoms with van der Waals surface area (Å²) in [6, 6.07) is 3.08. The van der Waals surface area contributed by atoms with Crippen molar-refractivity contribution in [2.75, 3.05) is 34.7 Å². The van der Waals surface area contributed by atoms with Crippen LogP contribution in [0.15, 0.2) is 35.1 Å². The van der Waals surface area contributed by atoms with Crippen LogP contribution in [0, 0.1) is 11.8 Å². The number of phenols is 1. The summed E-state index contributed by atoms with van der Waals surface area (Å²) in [4.78, 5) is 55.6. The van der Waals surface area contributed by atoms with Crippen molar-refractivity contribution in [1.29, 1.82) is 0 Å². The van der Waals surface area contributed by atoms with Crippen LogP contribution in [0.3, 0.4) is 0 Å². The lowest BCUT2D eigenvalue weighted by atomic mass is 9.54. The van der Waals surface area contributed by atoms with Crippen molar-refractivity contribution in [3.63, 3.8) is 0 Å². The molecule has 3 aliphatic rings. The number of hydrogen-bond donors (Lipinski definition) is 5. The minimum atomic E-state index is -2.96. The maximum atomic E-state index is 14.1. The van der Waals surface area contributed by atoms with E-state index in [1.54, 1.807) is 33.2 Å². The van der Waals surface area contributed by atoms with Gasteiger partial charge in [0, 0.05) is 11.5 Å². The first kappa shape index (κ1) is 27.3. The molecule has 1 saturated carbocycles. The first-order valence-corrected chi connectivity index (χ1v) is 12.0. The number of rotatable bonds is 5. The largest absolute Gasteiger partial charge is 0.508 e. The lowest BCUT2D eigenvalue weighted by Crippen LogP contribution is -2.71. The van der Waals surface area contributed by atoms with Crippen molar-refractivity contribution in [2.24, 2.45) is 17.6 Å². The molecular weight excluding hydrogens is 498 g/mol. The molecule has 12 heteroatoms. The number of carbonyl (C=O) groups is 4. The first-order valence-electron chi connectivity index (χ1n) is 12.0. The Balaban J connectivity index is 2.08. The zero-order chi connectivity index (χ0) is 28.4. The van der Waals surface area contributed by atoms with Crippen LogP contribution in [0.5, 0.6) is 5.75 Å². The molecular formula is C26H31N3O9. The van der Waals surface area contributed by atoms with Crippen molar-refractivity contribution < 1.29 is 44.3 Å². The second-order valence-electron chi connectivity index (χ2n) is 10.5. The van der Waals surface area contributed by atoms with E-state index in [1.807, 2.05) is 0 Å². The Bertz CT molecular complexity index is 1310. The minimum absolute atomic E-state index is 0.0466. The molecule has 4 rings (SSSR count). The lowest BCUT2D eigenvalue weighted by molar-refractivity contribution is -0.185. The standard InChI is InChI=1S/C26H31N3O9/c1-10-11-7-6-8-12(30)15(11)20(32)16-14(10)22(38-13(31)9-28(2)3)18-19(29(4)5)21(33)17(25(27)36)24(35)26(18,37)23(16)34/h6-8,10,14,18-19,22,30,32,35,37H,9H2,1-5H3,(H2,27,36)/t10-,14+,18+,19-,22-,26+/m1/s1. The predicted octanol–water partition coefficient (Wildman–Crippen LogP) is -0.392. The average molecular weight is 530 g/mol. The maximum absolute atomic E-state index is 14.1. The molecule has 0 spiro atoms. The summed E-state index contributed by atoms with van der Waals surface area (Å²) >= 11 is 0. The molecule has 1 fully saturated rings. The number of phenolic OH excluding ortho intramolecular Hbond substituents is 1. The zero-order valence-electron chi connectivity index (χ0n) is 21.6. The van der Waals surface area contributed by atoms with Gasteiger partial charge in [0.25, 0.3) is 5.91 Å². The minimum Gasteiger partial charge on any atom is -0.508 e. The van der Waals surface area contributed by atoms with Crippen LogP contribution in [-0.2, 0) is 23.9 Å². The number of benzene rings is 1. The summed E-state index contributed by atoms with van der Waals surface area (Å²) in [6.45, 7) is 1.51. The van der Waals surface area contributed by atoms with E-state index >= 15 is 0 Å². The molecule has 12 nitrogen and oxygen atoms in total. The lowest BCUT2D eigenvalue weighted by Gasteiger charge is -2.54. The van der Waals surface area contributed by atoms with Gasteiger partial charge in [-0.1, -0.05) is 19.1 Å². The Morgan fingerprint density at radius 1 is 1.11 bits per heavy atom. The molecule has 0 heterocycles. The summed E-state index contributed by atoms with van der Waals surface area (Å²) < 4.78 is 5.86. The zero-order valence-corrected chi connectivity index (χ0v) is 21.6. The number of aliphatic hydroxyl groups excluding tert-OH is 2. The van der Waals surface area contributed by atoms with Gasteiger partial charge in [0.05, 0.1) is 24.1 Å². The number of fused-ring (bicyclic) bond motifs is 3. The van der Waals surface area contributed by atoms with E-state index in [-0.39, 0.29) is 17.9 Å². The molecule has 38 heavy (non-hydrogen) atoms. The smallest absolute Gasteiger partial charge is 0.320 e. The van der Waals surface area contributed by atoms with Gasteiger partial charge < -0.3 is 30.9 Å². The van der Waals surface area contributed by atoms with Crippen LogP contribution < -0.4 is 5.73 Å². The number of carbonyl (C=O) groups excluding carboxylic acids is 4. The van der Waals surface area contributed by atoms with Crippen LogP contribution in [0.2, 0.25) is 0 Å². The van der Waals surface area contributed by atoms with Gasteiger partial charge in [-0.05, 0) is 45.7 Å². The number of ketones is 2. The Labute approximate surface area is 218 Å². The van der Waals surface area contributed by atoms with E-state index in [0.29, 0.717) is 5.56 Å². The fraction of sp³-hybridized carbons (Fsp3) is 0.462. The van der Waals surface area contributed by atoms with Gasteiger partial charge in [-0.2, -0.15) is 0 Å². The maximum Gasteiger partial charge on any atom is 0.320 e. The van der Waals surface area contributed by atoms with E-state index < -0.39 is 81.6 Å². The fourth-order valence-corrected chi connectivity index (χ4v) is 6.14. The van der Waals surface area contributed by atoms with Gasteiger partial charge in [-0.3, -0.25) is 29.0 Å². The normalized spacial score (nSPS) is 30.8. The number of aromatic hydroxyl groups is 1. The fourth-order valence-electron chi connectivity index (χ4n) is 6.14. The highest BCUT2D eigenvalue weighted by Crippen LogP contribution is 2.56. The Morgan fingerprint density at radius 2 is 1.74 bits per heavy atom. The molecule has 1 aromatic carbocycles. The third-order valence-electron chi connectivity index (χ3n) is 7.68. The summed E-state index contributed by atoms with van der Waals surface area (Å²) in [5, 5.41) is 44.8.